The summed E-state index contributed by atoms with van der Waals surface area (Å²) in [6.45, 7) is 4.05. The Bertz CT molecular complexity index is 512. The highest BCUT2D eigenvalue weighted by molar-refractivity contribution is 8.01. The molecule has 0 aliphatic carbocycles. The first kappa shape index (κ1) is 14.1. The second-order valence-electron chi connectivity index (χ2n) is 4.28. The van der Waals surface area contributed by atoms with Crippen LogP contribution in [0.1, 0.15) is 13.8 Å². The molecule has 5 heteroatoms. The molecular weight excluding hydrogens is 276 g/mol. The van der Waals surface area contributed by atoms with E-state index in [1.54, 1.807) is 17.5 Å². The van der Waals surface area contributed by atoms with E-state index < -0.39 is 0 Å². The zero-order valence-corrected chi connectivity index (χ0v) is 12.6. The lowest BCUT2D eigenvalue weighted by Crippen LogP contribution is -2.38. The standard InChI is InChI=1S/C14H16N2OS2/c1-11(2)16(12-6-4-3-5-7-12)13(17)10-19-14-15-8-9-18-14/h3-9,11H,10H2,1-2H3. The van der Waals surface area contributed by atoms with Crippen LogP contribution in [0.3, 0.4) is 0 Å². The van der Waals surface area contributed by atoms with Crippen molar-refractivity contribution in [2.75, 3.05) is 10.7 Å². The number of anilines is 1. The van der Waals surface area contributed by atoms with Crippen LogP contribution in [-0.4, -0.2) is 22.7 Å². The van der Waals surface area contributed by atoms with Gasteiger partial charge in [-0.3, -0.25) is 4.79 Å². The summed E-state index contributed by atoms with van der Waals surface area (Å²) < 4.78 is 0.935. The van der Waals surface area contributed by atoms with Crippen molar-refractivity contribution in [1.29, 1.82) is 0 Å². The lowest BCUT2D eigenvalue weighted by molar-refractivity contribution is -0.116. The minimum absolute atomic E-state index is 0.112. The fourth-order valence-corrected chi connectivity index (χ4v) is 3.29. The lowest BCUT2D eigenvalue weighted by Gasteiger charge is -2.26. The van der Waals surface area contributed by atoms with Gasteiger partial charge in [0.2, 0.25) is 5.91 Å². The molecule has 0 aliphatic rings. The summed E-state index contributed by atoms with van der Waals surface area (Å²) >= 11 is 3.05. The van der Waals surface area contributed by atoms with Gasteiger partial charge in [-0.2, -0.15) is 0 Å². The molecule has 2 aromatic rings. The molecule has 1 heterocycles. The molecular formula is C14H16N2OS2. The zero-order valence-electron chi connectivity index (χ0n) is 10.9. The molecule has 0 spiro atoms. The Morgan fingerprint density at radius 3 is 2.68 bits per heavy atom. The molecule has 0 saturated carbocycles. The molecule has 0 radical (unpaired) electrons. The highest BCUT2D eigenvalue weighted by Crippen LogP contribution is 2.23. The third kappa shape index (κ3) is 3.81. The van der Waals surface area contributed by atoms with Gasteiger partial charge in [0, 0.05) is 23.3 Å². The van der Waals surface area contributed by atoms with E-state index in [9.17, 15) is 4.79 Å². The Kier molecular flexibility index (Phi) is 4.99. The van der Waals surface area contributed by atoms with Crippen LogP contribution in [0.25, 0.3) is 0 Å². The summed E-state index contributed by atoms with van der Waals surface area (Å²) in [5.74, 6) is 0.530. The van der Waals surface area contributed by atoms with E-state index in [4.69, 9.17) is 0 Å². The molecule has 19 heavy (non-hydrogen) atoms. The molecule has 3 nitrogen and oxygen atoms in total. The maximum atomic E-state index is 12.4. The summed E-state index contributed by atoms with van der Waals surface area (Å²) in [6.07, 6.45) is 1.76. The predicted molar refractivity (Wildman–Crippen MR) is 81.9 cm³/mol. The molecule has 0 unspecified atom stereocenters. The van der Waals surface area contributed by atoms with Gasteiger partial charge in [0.25, 0.3) is 0 Å². The van der Waals surface area contributed by atoms with Gasteiger partial charge < -0.3 is 4.90 Å². The number of carbonyl (C=O) groups excluding carboxylic acids is 1. The molecule has 0 N–H and O–H groups in total. The average molecular weight is 292 g/mol. The number of nitrogens with zero attached hydrogens (tertiary/aromatic N) is 2. The Balaban J connectivity index is 2.05. The first-order chi connectivity index (χ1) is 9.18. The fraction of sp³-hybridized carbons (Fsp3) is 0.286. The van der Waals surface area contributed by atoms with Gasteiger partial charge in [-0.1, -0.05) is 30.0 Å². The van der Waals surface area contributed by atoms with Gasteiger partial charge in [0.15, 0.2) is 0 Å². The topological polar surface area (TPSA) is 33.2 Å². The van der Waals surface area contributed by atoms with E-state index in [-0.39, 0.29) is 11.9 Å². The van der Waals surface area contributed by atoms with Gasteiger partial charge in [-0.05, 0) is 26.0 Å². The number of amides is 1. The van der Waals surface area contributed by atoms with Crippen molar-refractivity contribution in [2.45, 2.75) is 24.2 Å². The van der Waals surface area contributed by atoms with Crippen molar-refractivity contribution in [2.24, 2.45) is 0 Å². The molecule has 100 valence electrons. The van der Waals surface area contributed by atoms with Crippen LogP contribution in [0.4, 0.5) is 5.69 Å². The summed E-state index contributed by atoms with van der Waals surface area (Å²) in [6, 6.07) is 9.93. The van der Waals surface area contributed by atoms with Crippen LogP contribution in [0, 0.1) is 0 Å². The quantitative estimate of drug-likeness (QED) is 0.788. The molecule has 1 aromatic heterocycles. The number of thioether (sulfide) groups is 1. The number of carbonyl (C=O) groups is 1. The van der Waals surface area contributed by atoms with Crippen molar-refractivity contribution in [1.82, 2.24) is 4.98 Å². The predicted octanol–water partition coefficient (Wildman–Crippen LogP) is 3.68. The Labute approximate surface area is 121 Å². The maximum absolute atomic E-state index is 12.4. The molecule has 0 fully saturated rings. The van der Waals surface area contributed by atoms with E-state index in [2.05, 4.69) is 4.98 Å². The van der Waals surface area contributed by atoms with Crippen LogP contribution in [0.5, 0.6) is 0 Å². The smallest absolute Gasteiger partial charge is 0.237 e. The Morgan fingerprint density at radius 1 is 1.37 bits per heavy atom. The molecule has 1 aromatic carbocycles. The highest BCUT2D eigenvalue weighted by Gasteiger charge is 2.19. The number of para-hydroxylation sites is 1. The van der Waals surface area contributed by atoms with Gasteiger partial charge >= 0.3 is 0 Å². The summed E-state index contributed by atoms with van der Waals surface area (Å²) in [7, 11) is 0. The first-order valence-corrected chi connectivity index (χ1v) is 7.94. The SMILES string of the molecule is CC(C)N(C(=O)CSc1nccs1)c1ccccc1. The largest absolute Gasteiger partial charge is 0.309 e. The lowest BCUT2D eigenvalue weighted by atomic mass is 10.2. The summed E-state index contributed by atoms with van der Waals surface area (Å²) in [5, 5.41) is 1.92. The molecule has 0 aliphatic heterocycles. The van der Waals surface area contributed by atoms with Crippen LogP contribution in [0.2, 0.25) is 0 Å². The van der Waals surface area contributed by atoms with E-state index in [0.717, 1.165) is 10.0 Å². The first-order valence-electron chi connectivity index (χ1n) is 6.08. The zero-order chi connectivity index (χ0) is 13.7. The monoisotopic (exact) mass is 292 g/mol. The molecule has 0 saturated heterocycles. The van der Waals surface area contributed by atoms with Crippen molar-refractivity contribution in [3.05, 3.63) is 41.9 Å². The fourth-order valence-electron chi connectivity index (χ4n) is 1.79. The number of hydrogen-bond acceptors (Lipinski definition) is 4. The van der Waals surface area contributed by atoms with Gasteiger partial charge in [-0.25, -0.2) is 4.98 Å². The molecule has 2 rings (SSSR count). The number of rotatable bonds is 5. The highest BCUT2D eigenvalue weighted by atomic mass is 32.2. The van der Waals surface area contributed by atoms with Crippen LogP contribution in [0.15, 0.2) is 46.2 Å². The minimum Gasteiger partial charge on any atom is -0.309 e. The van der Waals surface area contributed by atoms with Crippen molar-refractivity contribution in [3.8, 4) is 0 Å². The molecule has 0 atom stereocenters. The van der Waals surface area contributed by atoms with Crippen LogP contribution in [-0.2, 0) is 4.79 Å². The Morgan fingerprint density at radius 2 is 2.11 bits per heavy atom. The molecule has 1 amide bonds. The number of hydrogen-bond donors (Lipinski definition) is 0. The van der Waals surface area contributed by atoms with Crippen molar-refractivity contribution in [3.63, 3.8) is 0 Å². The number of benzene rings is 1. The third-order valence-corrected chi connectivity index (χ3v) is 4.50. The normalized spacial score (nSPS) is 10.7. The van der Waals surface area contributed by atoms with E-state index in [1.165, 1.54) is 11.8 Å². The van der Waals surface area contributed by atoms with Gasteiger partial charge in [0.1, 0.15) is 4.34 Å². The number of thiazole rings is 1. The van der Waals surface area contributed by atoms with E-state index in [1.807, 2.05) is 54.5 Å². The molecule has 0 bridgehead atoms. The van der Waals surface area contributed by atoms with E-state index >= 15 is 0 Å². The summed E-state index contributed by atoms with van der Waals surface area (Å²) in [4.78, 5) is 18.4. The second kappa shape index (κ2) is 6.73. The van der Waals surface area contributed by atoms with Crippen LogP contribution >= 0.6 is 23.1 Å². The minimum atomic E-state index is 0.112. The maximum Gasteiger partial charge on any atom is 0.237 e. The second-order valence-corrected chi connectivity index (χ2v) is 6.40. The average Bonchev–Trinajstić information content (AvgIpc) is 2.90. The van der Waals surface area contributed by atoms with Crippen molar-refractivity contribution < 1.29 is 4.79 Å². The Hall–Kier alpha value is -1.33. The van der Waals surface area contributed by atoms with Gasteiger partial charge in [-0.15, -0.1) is 11.3 Å². The van der Waals surface area contributed by atoms with E-state index in [0.29, 0.717) is 5.75 Å². The third-order valence-electron chi connectivity index (χ3n) is 2.55. The van der Waals surface area contributed by atoms with Crippen LogP contribution < -0.4 is 4.90 Å². The summed E-state index contributed by atoms with van der Waals surface area (Å²) in [5.41, 5.74) is 0.947. The van der Waals surface area contributed by atoms with Crippen molar-refractivity contribution >= 4 is 34.7 Å². The number of aromatic nitrogens is 1. The van der Waals surface area contributed by atoms with Gasteiger partial charge in [0.05, 0.1) is 5.75 Å².